The van der Waals surface area contributed by atoms with E-state index in [1.54, 1.807) is 0 Å². The molecule has 0 aromatic heterocycles. The van der Waals surface area contributed by atoms with Gasteiger partial charge in [-0.05, 0) is 0 Å². The lowest BCUT2D eigenvalue weighted by Gasteiger charge is -1.86. The van der Waals surface area contributed by atoms with Gasteiger partial charge in [0.25, 0.3) is 0 Å². The van der Waals surface area contributed by atoms with Crippen molar-refractivity contribution in [1.29, 1.82) is 0 Å². The monoisotopic (exact) mass is 152 g/mol. The summed E-state index contributed by atoms with van der Waals surface area (Å²) in [5, 5.41) is 8.41. The molecule has 0 unspecified atom stereocenters. The lowest BCUT2D eigenvalue weighted by Crippen LogP contribution is -2.73. The topological polar surface area (TPSA) is 95.5 Å². The second kappa shape index (κ2) is 6.57. The van der Waals surface area contributed by atoms with Crippen LogP contribution in [0.4, 0.5) is 5.69 Å². The molecular formula is C6H8N4O. The Labute approximate surface area is 63.7 Å². The summed E-state index contributed by atoms with van der Waals surface area (Å²) < 4.78 is 0. The fourth-order valence-corrected chi connectivity index (χ4v) is 0.539. The van der Waals surface area contributed by atoms with Gasteiger partial charge in [-0.25, -0.2) is 5.21 Å². The van der Waals surface area contributed by atoms with Crippen LogP contribution >= 0.6 is 0 Å². The Hall–Kier alpha value is -1.55. The molecule has 1 aromatic carbocycles. The first-order valence-corrected chi connectivity index (χ1v) is 2.86. The Kier molecular flexibility index (Phi) is 5.64. The summed E-state index contributed by atoms with van der Waals surface area (Å²) >= 11 is 0. The zero-order valence-electron chi connectivity index (χ0n) is 5.75. The van der Waals surface area contributed by atoms with Crippen LogP contribution in [0.1, 0.15) is 0 Å². The molecular weight excluding hydrogens is 144 g/mol. The smallest absolute Gasteiger partial charge is 0.161 e. The summed E-state index contributed by atoms with van der Waals surface area (Å²) in [6.07, 6.45) is 0. The van der Waals surface area contributed by atoms with E-state index in [0.29, 0.717) is 0 Å². The van der Waals surface area contributed by atoms with Crippen molar-refractivity contribution in [2.45, 2.75) is 0 Å². The van der Waals surface area contributed by atoms with Crippen molar-refractivity contribution in [3.05, 3.63) is 46.3 Å². The molecule has 0 radical (unpaired) electrons. The highest BCUT2D eigenvalue weighted by atomic mass is 16.5. The molecule has 0 aliphatic rings. The van der Waals surface area contributed by atoms with Gasteiger partial charge in [0.15, 0.2) is 5.69 Å². The van der Waals surface area contributed by atoms with Crippen molar-refractivity contribution >= 4 is 5.69 Å². The third kappa shape index (κ3) is 4.92. The van der Waals surface area contributed by atoms with E-state index in [-0.39, 0.29) is 0 Å². The van der Waals surface area contributed by atoms with Gasteiger partial charge in [0, 0.05) is 12.1 Å². The highest BCUT2D eigenvalue weighted by molar-refractivity contribution is 5.26. The van der Waals surface area contributed by atoms with Crippen LogP contribution in [0.5, 0.6) is 0 Å². The fourth-order valence-electron chi connectivity index (χ4n) is 0.539. The molecule has 0 saturated carbocycles. The molecule has 5 nitrogen and oxygen atoms in total. The van der Waals surface area contributed by atoms with E-state index in [1.807, 2.05) is 30.3 Å². The van der Waals surface area contributed by atoms with Gasteiger partial charge in [-0.15, -0.1) is 0 Å². The van der Waals surface area contributed by atoms with Gasteiger partial charge >= 0.3 is 0 Å². The van der Waals surface area contributed by atoms with Gasteiger partial charge in [-0.2, -0.15) is 5.48 Å². The summed E-state index contributed by atoms with van der Waals surface area (Å²) in [7, 11) is 0. The Balaban J connectivity index is 0.000000292. The number of hydrogen-bond acceptors (Lipinski definition) is 1. The third-order valence-corrected chi connectivity index (χ3v) is 0.949. The van der Waals surface area contributed by atoms with Crippen LogP contribution in [-0.4, -0.2) is 5.21 Å². The average Bonchev–Trinajstić information content (AvgIpc) is 2.08. The second-order valence-electron chi connectivity index (χ2n) is 1.63. The molecule has 1 aromatic rings. The number of nitrogens with two attached hydrogens (primary N) is 1. The van der Waals surface area contributed by atoms with Crippen LogP contribution in [0.25, 0.3) is 16.0 Å². The van der Waals surface area contributed by atoms with Crippen LogP contribution in [0.3, 0.4) is 0 Å². The summed E-state index contributed by atoms with van der Waals surface area (Å²) in [6, 6.07) is 9.33. The number of hydrogen-bond donors (Lipinski definition) is 2. The van der Waals surface area contributed by atoms with Crippen LogP contribution in [0, 0.1) is 0 Å². The number of quaternary nitrogens is 1. The summed E-state index contributed by atoms with van der Waals surface area (Å²) in [6.45, 7) is 0. The quantitative estimate of drug-likeness (QED) is 0.204. The molecule has 0 atom stereocenters. The summed E-state index contributed by atoms with van der Waals surface area (Å²) in [5.74, 6) is 0. The molecule has 0 fully saturated rings. The standard InChI is InChI=1S/C6H7NO.N3/c8-7-6-4-2-1-3-5-6;1-3-2/h1-5,7-8H;/q;-1/p+1. The maximum atomic E-state index is 8.41. The molecule has 11 heavy (non-hydrogen) atoms. The largest absolute Gasteiger partial charge is 0.373 e. The normalized spacial score (nSPS) is 7.36. The van der Waals surface area contributed by atoms with Crippen LogP contribution in [0.15, 0.2) is 30.3 Å². The first-order valence-electron chi connectivity index (χ1n) is 2.86. The van der Waals surface area contributed by atoms with Crippen molar-refractivity contribution in [2.24, 2.45) is 0 Å². The first-order chi connectivity index (χ1) is 5.35. The van der Waals surface area contributed by atoms with Crippen molar-refractivity contribution in [2.75, 3.05) is 0 Å². The summed E-state index contributed by atoms with van der Waals surface area (Å²) in [5.41, 5.74) is 15.4. The molecule has 0 heterocycles. The van der Waals surface area contributed by atoms with E-state index in [0.717, 1.165) is 11.2 Å². The van der Waals surface area contributed by atoms with Gasteiger partial charge in [0.1, 0.15) is 0 Å². The first kappa shape index (κ1) is 9.45. The van der Waals surface area contributed by atoms with Gasteiger partial charge in [-0.1, -0.05) is 18.2 Å². The summed E-state index contributed by atoms with van der Waals surface area (Å²) in [4.78, 5) is 1.50. The van der Waals surface area contributed by atoms with Crippen LogP contribution in [-0.2, 0) is 0 Å². The maximum Gasteiger partial charge on any atom is 0.161 e. The van der Waals surface area contributed by atoms with Crippen molar-refractivity contribution < 1.29 is 10.7 Å². The van der Waals surface area contributed by atoms with Gasteiger partial charge in [0.2, 0.25) is 0 Å². The molecule has 5 heteroatoms. The average molecular weight is 152 g/mol. The van der Waals surface area contributed by atoms with Crippen molar-refractivity contribution in [3.63, 3.8) is 0 Å². The second-order valence-corrected chi connectivity index (χ2v) is 1.63. The fraction of sp³-hybridized carbons (Fsp3) is 0. The van der Waals surface area contributed by atoms with Gasteiger partial charge in [0.05, 0.1) is 0 Å². The highest BCUT2D eigenvalue weighted by Gasteiger charge is 1.85. The number of rotatable bonds is 1. The number of nitrogens with zero attached hydrogens (tertiary/aromatic N) is 3. The minimum absolute atomic E-state index is 0.840. The Morgan fingerprint density at radius 3 is 1.91 bits per heavy atom. The lowest BCUT2D eigenvalue weighted by molar-refractivity contribution is -0.825. The molecule has 0 aliphatic carbocycles. The minimum atomic E-state index is 0.840. The van der Waals surface area contributed by atoms with Gasteiger partial charge < -0.3 is 11.1 Å². The van der Waals surface area contributed by atoms with E-state index < -0.39 is 0 Å². The zero-order chi connectivity index (χ0) is 8.53. The van der Waals surface area contributed by atoms with Crippen LogP contribution < -0.4 is 5.48 Å². The van der Waals surface area contributed by atoms with E-state index >= 15 is 0 Å². The minimum Gasteiger partial charge on any atom is -0.373 e. The van der Waals surface area contributed by atoms with Gasteiger partial charge in [-0.3, -0.25) is 4.91 Å². The van der Waals surface area contributed by atoms with E-state index in [1.165, 1.54) is 4.91 Å². The van der Waals surface area contributed by atoms with Crippen molar-refractivity contribution in [1.82, 2.24) is 0 Å². The van der Waals surface area contributed by atoms with Crippen LogP contribution in [0.2, 0.25) is 0 Å². The Morgan fingerprint density at radius 2 is 1.64 bits per heavy atom. The third-order valence-electron chi connectivity index (χ3n) is 0.949. The molecule has 0 bridgehead atoms. The predicted molar refractivity (Wildman–Crippen MR) is 39.9 cm³/mol. The maximum absolute atomic E-state index is 8.41. The Morgan fingerprint density at radius 1 is 1.18 bits per heavy atom. The number of benzene rings is 1. The molecule has 0 saturated heterocycles. The SMILES string of the molecule is O[NH2+]c1ccccc1.[N-]=[N+]=[N-]. The molecule has 0 spiro atoms. The number of para-hydroxylation sites is 1. The molecule has 0 amide bonds. The van der Waals surface area contributed by atoms with E-state index in [9.17, 15) is 0 Å². The molecule has 3 N–H and O–H groups in total. The molecule has 58 valence electrons. The lowest BCUT2D eigenvalue weighted by atomic mass is 10.3. The highest BCUT2D eigenvalue weighted by Crippen LogP contribution is 1.94. The van der Waals surface area contributed by atoms with E-state index in [4.69, 9.17) is 16.3 Å². The Bertz CT molecular complexity index is 217. The van der Waals surface area contributed by atoms with E-state index in [2.05, 4.69) is 0 Å². The van der Waals surface area contributed by atoms with Crippen molar-refractivity contribution in [3.8, 4) is 0 Å². The predicted octanol–water partition coefficient (Wildman–Crippen LogP) is 1.14. The molecule has 1 rings (SSSR count). The molecule has 0 aliphatic heterocycles. The zero-order valence-corrected chi connectivity index (χ0v) is 5.75.